The van der Waals surface area contributed by atoms with Crippen LogP contribution in [0.2, 0.25) is 0 Å². The Kier molecular flexibility index (Phi) is 3.18. The zero-order valence-electron chi connectivity index (χ0n) is 9.41. The van der Waals surface area contributed by atoms with Crippen molar-refractivity contribution < 1.29 is 18.3 Å². The molecule has 1 aliphatic heterocycles. The lowest BCUT2D eigenvalue weighted by Gasteiger charge is -2.19. The summed E-state index contributed by atoms with van der Waals surface area (Å²) >= 11 is 0. The van der Waals surface area contributed by atoms with E-state index in [1.54, 1.807) is 11.0 Å². The van der Waals surface area contributed by atoms with Crippen molar-refractivity contribution >= 4 is 5.69 Å². The summed E-state index contributed by atoms with van der Waals surface area (Å²) in [6.45, 7) is 0.841. The van der Waals surface area contributed by atoms with Gasteiger partial charge in [-0.05, 0) is 24.6 Å². The maximum absolute atomic E-state index is 12.8. The van der Waals surface area contributed by atoms with E-state index in [1.807, 2.05) is 0 Å². The van der Waals surface area contributed by atoms with Crippen LogP contribution in [0, 0.1) is 11.3 Å². The molecule has 0 aliphatic carbocycles. The van der Waals surface area contributed by atoms with Gasteiger partial charge < -0.3 is 10.0 Å². The molecule has 1 saturated heterocycles. The molecule has 6 heteroatoms. The molecular formula is C12H11F3N2O. The molecule has 0 aromatic heterocycles. The molecule has 0 radical (unpaired) electrons. The summed E-state index contributed by atoms with van der Waals surface area (Å²) in [5.74, 6) is 0. The Balaban J connectivity index is 2.38. The van der Waals surface area contributed by atoms with Gasteiger partial charge in [0, 0.05) is 18.8 Å². The SMILES string of the molecule is N#Cc1ccc(N2CC[C@@H](O)C2)cc1C(F)(F)F. The van der Waals surface area contributed by atoms with E-state index in [2.05, 4.69) is 0 Å². The van der Waals surface area contributed by atoms with Crippen molar-refractivity contribution in [1.29, 1.82) is 5.26 Å². The first-order chi connectivity index (χ1) is 8.41. The van der Waals surface area contributed by atoms with Crippen molar-refractivity contribution in [1.82, 2.24) is 0 Å². The van der Waals surface area contributed by atoms with Crippen molar-refractivity contribution in [3.05, 3.63) is 29.3 Å². The van der Waals surface area contributed by atoms with Crippen molar-refractivity contribution in [2.24, 2.45) is 0 Å². The Morgan fingerprint density at radius 3 is 2.61 bits per heavy atom. The van der Waals surface area contributed by atoms with Crippen molar-refractivity contribution in [3.63, 3.8) is 0 Å². The van der Waals surface area contributed by atoms with Crippen LogP contribution in [-0.4, -0.2) is 24.3 Å². The molecule has 2 rings (SSSR count). The number of nitrogens with zero attached hydrogens (tertiary/aromatic N) is 2. The van der Waals surface area contributed by atoms with Crippen LogP contribution in [0.3, 0.4) is 0 Å². The van der Waals surface area contributed by atoms with Gasteiger partial charge in [-0.2, -0.15) is 18.4 Å². The predicted octanol–water partition coefficient (Wildman–Crippen LogP) is 2.15. The van der Waals surface area contributed by atoms with Gasteiger partial charge in [0.05, 0.1) is 23.3 Å². The molecule has 0 unspecified atom stereocenters. The van der Waals surface area contributed by atoms with E-state index < -0.39 is 17.8 Å². The minimum Gasteiger partial charge on any atom is -0.391 e. The largest absolute Gasteiger partial charge is 0.417 e. The summed E-state index contributed by atoms with van der Waals surface area (Å²) in [7, 11) is 0. The first-order valence-corrected chi connectivity index (χ1v) is 5.46. The molecule has 1 aromatic carbocycles. The van der Waals surface area contributed by atoms with Crippen molar-refractivity contribution in [2.75, 3.05) is 18.0 Å². The summed E-state index contributed by atoms with van der Waals surface area (Å²) in [6, 6.07) is 5.16. The monoisotopic (exact) mass is 256 g/mol. The lowest BCUT2D eigenvalue weighted by molar-refractivity contribution is -0.137. The lowest BCUT2D eigenvalue weighted by atomic mass is 10.1. The lowest BCUT2D eigenvalue weighted by Crippen LogP contribution is -2.22. The van der Waals surface area contributed by atoms with Gasteiger partial charge in [0.1, 0.15) is 0 Å². The fourth-order valence-corrected chi connectivity index (χ4v) is 2.04. The summed E-state index contributed by atoms with van der Waals surface area (Å²) in [5.41, 5.74) is -0.923. The molecule has 0 saturated carbocycles. The zero-order chi connectivity index (χ0) is 13.3. The van der Waals surface area contributed by atoms with Gasteiger partial charge in [-0.15, -0.1) is 0 Å². The van der Waals surface area contributed by atoms with Crippen LogP contribution in [0.15, 0.2) is 18.2 Å². The van der Waals surface area contributed by atoms with E-state index in [9.17, 15) is 18.3 Å². The first-order valence-electron chi connectivity index (χ1n) is 5.46. The van der Waals surface area contributed by atoms with E-state index in [-0.39, 0.29) is 5.56 Å². The fourth-order valence-electron chi connectivity index (χ4n) is 2.04. The number of aliphatic hydroxyl groups excluding tert-OH is 1. The molecule has 1 N–H and O–H groups in total. The third kappa shape index (κ3) is 2.41. The normalized spacial score (nSPS) is 19.9. The highest BCUT2D eigenvalue weighted by molar-refractivity contribution is 5.55. The number of alkyl halides is 3. The topological polar surface area (TPSA) is 47.3 Å². The number of rotatable bonds is 1. The van der Waals surface area contributed by atoms with Crippen molar-refractivity contribution in [3.8, 4) is 6.07 Å². The second-order valence-corrected chi connectivity index (χ2v) is 4.23. The number of halogens is 3. The van der Waals surface area contributed by atoms with Gasteiger partial charge in [0.2, 0.25) is 0 Å². The van der Waals surface area contributed by atoms with Gasteiger partial charge >= 0.3 is 6.18 Å². The summed E-state index contributed by atoms with van der Waals surface area (Å²) in [4.78, 5) is 1.68. The smallest absolute Gasteiger partial charge is 0.391 e. The second kappa shape index (κ2) is 4.50. The third-order valence-corrected chi connectivity index (χ3v) is 2.96. The van der Waals surface area contributed by atoms with Gasteiger partial charge in [-0.25, -0.2) is 0 Å². The van der Waals surface area contributed by atoms with Gasteiger partial charge in [-0.3, -0.25) is 0 Å². The summed E-state index contributed by atoms with van der Waals surface area (Å²) < 4.78 is 38.3. The Bertz CT molecular complexity index is 493. The molecule has 18 heavy (non-hydrogen) atoms. The summed E-state index contributed by atoms with van der Waals surface area (Å²) in [6.07, 6.45) is -4.50. The maximum atomic E-state index is 12.8. The van der Waals surface area contributed by atoms with E-state index in [0.29, 0.717) is 25.2 Å². The molecule has 1 heterocycles. The predicted molar refractivity (Wildman–Crippen MR) is 59.0 cm³/mol. The zero-order valence-corrected chi connectivity index (χ0v) is 9.41. The third-order valence-electron chi connectivity index (χ3n) is 2.96. The van der Waals surface area contributed by atoms with E-state index in [0.717, 1.165) is 6.07 Å². The highest BCUT2D eigenvalue weighted by atomic mass is 19.4. The van der Waals surface area contributed by atoms with Crippen LogP contribution in [0.5, 0.6) is 0 Å². The van der Waals surface area contributed by atoms with Crippen LogP contribution in [0.25, 0.3) is 0 Å². The molecule has 1 aromatic rings. The number of nitriles is 1. The Morgan fingerprint density at radius 1 is 1.39 bits per heavy atom. The second-order valence-electron chi connectivity index (χ2n) is 4.23. The molecule has 0 bridgehead atoms. The Morgan fingerprint density at radius 2 is 2.11 bits per heavy atom. The van der Waals surface area contributed by atoms with Crippen LogP contribution in [0.4, 0.5) is 18.9 Å². The number of aliphatic hydroxyl groups is 1. The van der Waals surface area contributed by atoms with Crippen LogP contribution >= 0.6 is 0 Å². The van der Waals surface area contributed by atoms with Gasteiger partial charge in [0.25, 0.3) is 0 Å². The average Bonchev–Trinajstić information content (AvgIpc) is 2.74. The number of hydrogen-bond donors (Lipinski definition) is 1. The molecule has 1 atom stereocenters. The molecule has 0 amide bonds. The number of benzene rings is 1. The standard InChI is InChI=1S/C12H11F3N2O/c13-12(14,15)11-5-9(2-1-8(11)6-16)17-4-3-10(18)7-17/h1-2,5,10,18H,3-4,7H2/t10-/m1/s1. The number of β-amino-alcohol motifs (C(OH)–C–C–N with tert-alkyl or cyclic N) is 1. The van der Waals surface area contributed by atoms with Gasteiger partial charge in [0.15, 0.2) is 0 Å². The maximum Gasteiger partial charge on any atom is 0.417 e. The highest BCUT2D eigenvalue weighted by Crippen LogP contribution is 2.35. The molecule has 0 spiro atoms. The van der Waals surface area contributed by atoms with E-state index >= 15 is 0 Å². The fraction of sp³-hybridized carbons (Fsp3) is 0.417. The van der Waals surface area contributed by atoms with E-state index in [4.69, 9.17) is 5.26 Å². The highest BCUT2D eigenvalue weighted by Gasteiger charge is 2.34. The minimum atomic E-state index is -4.54. The molecule has 1 aliphatic rings. The van der Waals surface area contributed by atoms with Crippen molar-refractivity contribution in [2.45, 2.75) is 18.7 Å². The quantitative estimate of drug-likeness (QED) is 0.837. The average molecular weight is 256 g/mol. The van der Waals surface area contributed by atoms with Crippen LogP contribution < -0.4 is 4.90 Å². The Labute approximate surface area is 102 Å². The van der Waals surface area contributed by atoms with Crippen LogP contribution in [0.1, 0.15) is 17.5 Å². The number of anilines is 1. The molecule has 1 fully saturated rings. The minimum absolute atomic E-state index is 0.323. The summed E-state index contributed by atoms with van der Waals surface area (Å²) in [5, 5.41) is 18.1. The Hall–Kier alpha value is -1.74. The molecule has 96 valence electrons. The first kappa shape index (κ1) is 12.7. The molecule has 3 nitrogen and oxygen atoms in total. The molecular weight excluding hydrogens is 245 g/mol. The van der Waals surface area contributed by atoms with Crippen LogP contribution in [-0.2, 0) is 6.18 Å². The van der Waals surface area contributed by atoms with Gasteiger partial charge in [-0.1, -0.05) is 0 Å². The number of hydrogen-bond acceptors (Lipinski definition) is 3. The van der Waals surface area contributed by atoms with E-state index in [1.165, 1.54) is 12.1 Å².